The molecule has 0 saturated heterocycles. The fourth-order valence-electron chi connectivity index (χ4n) is 3.55. The van der Waals surface area contributed by atoms with Crippen molar-refractivity contribution in [2.24, 2.45) is 0 Å². The van der Waals surface area contributed by atoms with Crippen LogP contribution in [-0.2, 0) is 25.6 Å². The predicted molar refractivity (Wildman–Crippen MR) is 111 cm³/mol. The highest BCUT2D eigenvalue weighted by Crippen LogP contribution is 2.31. The Labute approximate surface area is 170 Å². The first-order chi connectivity index (χ1) is 14.0. The van der Waals surface area contributed by atoms with Crippen molar-refractivity contribution in [3.05, 3.63) is 53.8 Å². The summed E-state index contributed by atoms with van der Waals surface area (Å²) in [6.07, 6.45) is 7.98. The third-order valence-electron chi connectivity index (χ3n) is 5.15. The molecule has 0 spiro atoms. The first-order valence-corrected chi connectivity index (χ1v) is 9.78. The second-order valence-electron chi connectivity index (χ2n) is 7.10. The van der Waals surface area contributed by atoms with E-state index in [4.69, 9.17) is 9.47 Å². The number of fused-ring (bicyclic) bond motifs is 1. The number of benzene rings is 1. The Morgan fingerprint density at radius 1 is 1.21 bits per heavy atom. The van der Waals surface area contributed by atoms with E-state index in [1.807, 2.05) is 12.1 Å². The molecule has 2 aromatic rings. The van der Waals surface area contributed by atoms with Crippen molar-refractivity contribution in [2.75, 3.05) is 14.2 Å². The fourth-order valence-corrected chi connectivity index (χ4v) is 3.55. The molecule has 6 nitrogen and oxygen atoms in total. The van der Waals surface area contributed by atoms with Gasteiger partial charge >= 0.3 is 11.9 Å². The smallest absolute Gasteiger partial charge is 0.347 e. The van der Waals surface area contributed by atoms with E-state index in [-0.39, 0.29) is 12.8 Å². The molecule has 0 aliphatic heterocycles. The minimum atomic E-state index is -0.875. The molecule has 29 heavy (non-hydrogen) atoms. The second-order valence-corrected chi connectivity index (χ2v) is 7.10. The maximum atomic E-state index is 12.2. The quantitative estimate of drug-likeness (QED) is 0.628. The lowest BCUT2D eigenvalue weighted by atomic mass is 10.1. The molecule has 1 aliphatic rings. The Bertz CT molecular complexity index is 954. The van der Waals surface area contributed by atoms with Gasteiger partial charge in [-0.05, 0) is 38.0 Å². The Kier molecular flexibility index (Phi) is 6.75. The zero-order chi connectivity index (χ0) is 20.8. The zero-order valence-corrected chi connectivity index (χ0v) is 17.1. The van der Waals surface area contributed by atoms with Gasteiger partial charge in [0.1, 0.15) is 5.75 Å². The molecule has 0 amide bonds. The van der Waals surface area contributed by atoms with Crippen molar-refractivity contribution in [2.45, 2.75) is 45.3 Å². The first-order valence-electron chi connectivity index (χ1n) is 9.78. The van der Waals surface area contributed by atoms with Crippen molar-refractivity contribution in [1.82, 2.24) is 4.57 Å². The van der Waals surface area contributed by atoms with E-state index in [9.17, 15) is 9.59 Å². The molecular weight excluding hydrogens is 370 g/mol. The third-order valence-corrected chi connectivity index (χ3v) is 5.15. The third kappa shape index (κ3) is 4.88. The number of hydrogen-bond donors (Lipinski definition) is 0. The van der Waals surface area contributed by atoms with Gasteiger partial charge in [0.05, 0.1) is 19.7 Å². The van der Waals surface area contributed by atoms with Crippen LogP contribution in [0.1, 0.15) is 31.4 Å². The molecule has 1 unspecified atom stereocenters. The second kappa shape index (κ2) is 9.45. The molecule has 0 saturated carbocycles. The van der Waals surface area contributed by atoms with Crippen molar-refractivity contribution in [1.29, 1.82) is 0 Å². The van der Waals surface area contributed by atoms with Gasteiger partial charge in [-0.15, -0.1) is 0 Å². The summed E-state index contributed by atoms with van der Waals surface area (Å²) in [5.74, 6) is -0.305. The van der Waals surface area contributed by atoms with Gasteiger partial charge in [0.25, 0.3) is 0 Å². The number of allylic oxidation sites excluding steroid dienone is 4. The van der Waals surface area contributed by atoms with Gasteiger partial charge in [-0.25, -0.2) is 4.79 Å². The number of carbonyl (C=O) groups excluding carboxylic acids is 2. The summed E-state index contributed by atoms with van der Waals surface area (Å²) in [5, 5.41) is 0.934. The number of methoxy groups -OCH3 is 2. The van der Waals surface area contributed by atoms with Gasteiger partial charge in [0.15, 0.2) is 6.10 Å². The number of rotatable bonds is 8. The summed E-state index contributed by atoms with van der Waals surface area (Å²) in [6.45, 7) is 2.89. The predicted octanol–water partition coefficient (Wildman–Crippen LogP) is 4.10. The zero-order valence-electron chi connectivity index (χ0n) is 17.1. The lowest BCUT2D eigenvalue weighted by molar-refractivity contribution is -0.150. The van der Waals surface area contributed by atoms with E-state index in [0.29, 0.717) is 5.75 Å². The molecule has 0 bridgehead atoms. The lowest BCUT2D eigenvalue weighted by Gasteiger charge is -2.17. The number of ether oxygens (including phenoxy) is 3. The molecule has 0 fully saturated rings. The van der Waals surface area contributed by atoms with Crippen molar-refractivity contribution >= 4 is 22.8 Å². The molecule has 1 aromatic heterocycles. The van der Waals surface area contributed by atoms with Crippen LogP contribution in [0.5, 0.6) is 5.75 Å². The molecule has 1 heterocycles. The van der Waals surface area contributed by atoms with Gasteiger partial charge in [-0.1, -0.05) is 29.9 Å². The van der Waals surface area contributed by atoms with Crippen LogP contribution in [0.4, 0.5) is 0 Å². The number of nitrogens with zero attached hydrogens (tertiary/aromatic N) is 1. The van der Waals surface area contributed by atoms with Crippen LogP contribution in [-0.4, -0.2) is 36.8 Å². The normalized spacial score (nSPS) is 14.4. The Balaban J connectivity index is 1.87. The minimum absolute atomic E-state index is 0.0773. The summed E-state index contributed by atoms with van der Waals surface area (Å²) >= 11 is 0. The highest BCUT2D eigenvalue weighted by atomic mass is 16.6. The number of carbonyl (C=O) groups is 2. The molecule has 1 atom stereocenters. The fraction of sp³-hybridized carbons (Fsp3) is 0.391. The Morgan fingerprint density at radius 3 is 2.72 bits per heavy atom. The minimum Gasteiger partial charge on any atom is -0.478 e. The molecular formula is C23H27NO5. The van der Waals surface area contributed by atoms with E-state index in [1.165, 1.54) is 19.8 Å². The van der Waals surface area contributed by atoms with Gasteiger partial charge < -0.3 is 18.8 Å². The summed E-state index contributed by atoms with van der Waals surface area (Å²) in [7, 11) is 2.63. The Hall–Kier alpha value is -3.02. The summed E-state index contributed by atoms with van der Waals surface area (Å²) < 4.78 is 17.8. The molecule has 1 aliphatic carbocycles. The van der Waals surface area contributed by atoms with E-state index in [0.717, 1.165) is 36.0 Å². The van der Waals surface area contributed by atoms with Gasteiger partial charge in [-0.2, -0.15) is 0 Å². The van der Waals surface area contributed by atoms with Crippen LogP contribution in [0.2, 0.25) is 0 Å². The van der Waals surface area contributed by atoms with Gasteiger partial charge in [-0.3, -0.25) is 4.79 Å². The van der Waals surface area contributed by atoms with Gasteiger partial charge in [0.2, 0.25) is 0 Å². The Morgan fingerprint density at radius 2 is 2.03 bits per heavy atom. The maximum Gasteiger partial charge on any atom is 0.347 e. The molecule has 0 radical (unpaired) electrons. The molecule has 1 aromatic carbocycles. The summed E-state index contributed by atoms with van der Waals surface area (Å²) in [4.78, 5) is 23.7. The first kappa shape index (κ1) is 20.7. The van der Waals surface area contributed by atoms with Crippen LogP contribution >= 0.6 is 0 Å². The van der Waals surface area contributed by atoms with Crippen LogP contribution in [0.25, 0.3) is 10.9 Å². The van der Waals surface area contributed by atoms with E-state index >= 15 is 0 Å². The number of aromatic nitrogens is 1. The monoisotopic (exact) mass is 397 g/mol. The highest BCUT2D eigenvalue weighted by molar-refractivity contribution is 5.88. The van der Waals surface area contributed by atoms with Gasteiger partial charge in [0, 0.05) is 30.5 Å². The van der Waals surface area contributed by atoms with Crippen LogP contribution in [0.3, 0.4) is 0 Å². The molecule has 6 heteroatoms. The summed E-state index contributed by atoms with van der Waals surface area (Å²) in [6, 6.07) is 7.87. The SMILES string of the molecule is COC(=O)CCC(Oc1cccc2c1cc(C)n2CC1=CC=CCC1)C(=O)OC. The number of hydrogen-bond acceptors (Lipinski definition) is 5. The number of aryl methyl sites for hydroxylation is 1. The highest BCUT2D eigenvalue weighted by Gasteiger charge is 2.24. The largest absolute Gasteiger partial charge is 0.478 e. The average molecular weight is 397 g/mol. The maximum absolute atomic E-state index is 12.2. The number of esters is 2. The lowest BCUT2D eigenvalue weighted by Crippen LogP contribution is -2.29. The van der Waals surface area contributed by atoms with Crippen LogP contribution in [0.15, 0.2) is 48.1 Å². The molecule has 3 rings (SSSR count). The van der Waals surface area contributed by atoms with E-state index in [1.54, 1.807) is 0 Å². The van der Waals surface area contributed by atoms with Crippen LogP contribution in [0, 0.1) is 6.92 Å². The molecule has 0 N–H and O–H groups in total. The van der Waals surface area contributed by atoms with Crippen molar-refractivity contribution < 1.29 is 23.8 Å². The average Bonchev–Trinajstić information content (AvgIpc) is 3.07. The molecule has 154 valence electrons. The standard InChI is InChI=1S/C23H27NO5/c1-16-14-18-19(24(16)15-17-8-5-4-6-9-17)10-7-11-20(18)29-21(23(26)28-3)12-13-22(25)27-2/h4-5,7-8,10-11,14,21H,6,9,12-13,15H2,1-3H3. The van der Waals surface area contributed by atoms with Crippen molar-refractivity contribution in [3.63, 3.8) is 0 Å². The van der Waals surface area contributed by atoms with E-state index < -0.39 is 18.0 Å². The van der Waals surface area contributed by atoms with Crippen LogP contribution < -0.4 is 4.74 Å². The van der Waals surface area contributed by atoms with Crippen molar-refractivity contribution in [3.8, 4) is 5.75 Å². The summed E-state index contributed by atoms with van der Waals surface area (Å²) in [5.41, 5.74) is 3.55. The van der Waals surface area contributed by atoms with E-state index in [2.05, 4.69) is 46.6 Å². The topological polar surface area (TPSA) is 66.8 Å².